The van der Waals surface area contributed by atoms with Crippen molar-refractivity contribution in [1.82, 2.24) is 4.98 Å². The number of methoxy groups -OCH3 is 2. The molecule has 3 rings (SSSR count). The molecule has 28 heavy (non-hydrogen) atoms. The van der Waals surface area contributed by atoms with Crippen LogP contribution in [0.1, 0.15) is 24.0 Å². The van der Waals surface area contributed by atoms with E-state index in [1.165, 1.54) is 30.5 Å². The average molecular weight is 425 g/mol. The maximum absolute atomic E-state index is 12.5. The first kappa shape index (κ1) is 20.4. The largest absolute Gasteiger partial charge is 0.495 e. The molecule has 1 aliphatic rings. The molecule has 0 saturated carbocycles. The summed E-state index contributed by atoms with van der Waals surface area (Å²) >= 11 is 7.74. The first-order valence-corrected chi connectivity index (χ1v) is 10.0. The van der Waals surface area contributed by atoms with Crippen LogP contribution in [0, 0.1) is 5.92 Å². The predicted octanol–water partition coefficient (Wildman–Crippen LogP) is 3.47. The van der Waals surface area contributed by atoms with Crippen molar-refractivity contribution < 1.29 is 23.8 Å². The van der Waals surface area contributed by atoms with Gasteiger partial charge in [-0.3, -0.25) is 9.59 Å². The third-order valence-electron chi connectivity index (χ3n) is 4.47. The van der Waals surface area contributed by atoms with Crippen molar-refractivity contribution in [2.45, 2.75) is 26.4 Å². The molecule has 2 aromatic rings. The normalized spacial score (nSPS) is 16.4. The smallest absolute Gasteiger partial charge is 0.311 e. The van der Waals surface area contributed by atoms with Crippen molar-refractivity contribution >= 4 is 40.5 Å². The lowest BCUT2D eigenvalue weighted by Crippen LogP contribution is -2.27. The summed E-state index contributed by atoms with van der Waals surface area (Å²) in [5, 5.41) is 3.23. The van der Waals surface area contributed by atoms with Crippen LogP contribution >= 0.6 is 22.9 Å². The molecule has 0 spiro atoms. The van der Waals surface area contributed by atoms with Crippen LogP contribution in [0.2, 0.25) is 5.02 Å². The minimum absolute atomic E-state index is 0.0723. The molecule has 0 aliphatic carbocycles. The maximum atomic E-state index is 12.5. The van der Waals surface area contributed by atoms with Gasteiger partial charge in [0.2, 0.25) is 5.91 Å². The van der Waals surface area contributed by atoms with Gasteiger partial charge in [-0.2, -0.15) is 0 Å². The van der Waals surface area contributed by atoms with Gasteiger partial charge < -0.3 is 19.1 Å². The molecule has 9 heteroatoms. The number of carbonyl (C=O) groups is 2. The van der Waals surface area contributed by atoms with Gasteiger partial charge in [0, 0.05) is 24.4 Å². The molecule has 0 N–H and O–H groups in total. The Morgan fingerprint density at radius 2 is 2.07 bits per heavy atom. The fourth-order valence-electron chi connectivity index (χ4n) is 2.99. The number of ether oxygens (including phenoxy) is 3. The SMILES string of the molecule is CCc1nc(COC(=O)C2CC(=O)N(c3cc(Cl)c(OC)cc3OC)C2)cs1. The number of esters is 1. The second-order valence-corrected chi connectivity index (χ2v) is 7.61. The first-order valence-electron chi connectivity index (χ1n) is 8.78. The Labute approximate surface area is 172 Å². The van der Waals surface area contributed by atoms with Crippen LogP contribution < -0.4 is 14.4 Å². The lowest BCUT2D eigenvalue weighted by Gasteiger charge is -2.20. The molecular weight excluding hydrogens is 404 g/mol. The number of amides is 1. The standard InChI is InChI=1S/C19H21ClN2O5S/c1-4-17-21-12(10-28-17)9-27-19(24)11-5-18(23)22(8-11)14-6-13(20)15(25-2)7-16(14)26-3/h6-7,10-11H,4-5,8-9H2,1-3H3. The molecule has 1 amide bonds. The number of rotatable bonds is 7. The van der Waals surface area contributed by atoms with Gasteiger partial charge in [-0.1, -0.05) is 18.5 Å². The zero-order valence-corrected chi connectivity index (χ0v) is 17.4. The molecule has 1 atom stereocenters. The van der Waals surface area contributed by atoms with Gasteiger partial charge >= 0.3 is 5.97 Å². The van der Waals surface area contributed by atoms with E-state index < -0.39 is 11.9 Å². The molecule has 1 fully saturated rings. The summed E-state index contributed by atoms with van der Waals surface area (Å²) in [5.74, 6) is -0.274. The van der Waals surface area contributed by atoms with E-state index in [2.05, 4.69) is 4.98 Å². The Morgan fingerprint density at radius 1 is 1.32 bits per heavy atom. The summed E-state index contributed by atoms with van der Waals surface area (Å²) in [5.41, 5.74) is 1.22. The summed E-state index contributed by atoms with van der Waals surface area (Å²) in [6, 6.07) is 3.22. The highest BCUT2D eigenvalue weighted by atomic mass is 35.5. The molecule has 1 aromatic heterocycles. The number of aromatic nitrogens is 1. The Bertz CT molecular complexity index is 885. The number of carbonyl (C=O) groups excluding carboxylic acids is 2. The van der Waals surface area contributed by atoms with Crippen molar-refractivity contribution in [3.05, 3.63) is 33.2 Å². The lowest BCUT2D eigenvalue weighted by atomic mass is 10.1. The third kappa shape index (κ3) is 4.23. The zero-order valence-electron chi connectivity index (χ0n) is 15.9. The van der Waals surface area contributed by atoms with Crippen LogP contribution in [-0.4, -0.2) is 37.6 Å². The van der Waals surface area contributed by atoms with Crippen molar-refractivity contribution in [3.63, 3.8) is 0 Å². The fourth-order valence-corrected chi connectivity index (χ4v) is 3.96. The summed E-state index contributed by atoms with van der Waals surface area (Å²) in [4.78, 5) is 30.8. The van der Waals surface area contributed by atoms with Gasteiger partial charge in [0.05, 0.1) is 41.5 Å². The molecule has 1 aliphatic heterocycles. The molecule has 150 valence electrons. The average Bonchev–Trinajstić information content (AvgIpc) is 3.32. The Hall–Kier alpha value is -2.32. The van der Waals surface area contributed by atoms with E-state index in [1.54, 1.807) is 12.1 Å². The van der Waals surface area contributed by atoms with E-state index in [1.807, 2.05) is 12.3 Å². The highest BCUT2D eigenvalue weighted by Crippen LogP contribution is 2.40. The minimum Gasteiger partial charge on any atom is -0.495 e. The molecule has 1 aromatic carbocycles. The Kier molecular flexibility index (Phi) is 6.41. The Balaban J connectivity index is 1.69. The molecule has 1 saturated heterocycles. The van der Waals surface area contributed by atoms with Gasteiger partial charge in [0.25, 0.3) is 0 Å². The second kappa shape index (κ2) is 8.79. The minimum atomic E-state index is -0.553. The van der Waals surface area contributed by atoms with E-state index in [0.29, 0.717) is 22.2 Å². The summed E-state index contributed by atoms with van der Waals surface area (Å²) in [7, 11) is 3.00. The van der Waals surface area contributed by atoms with Crippen LogP contribution in [0.5, 0.6) is 11.5 Å². The molecule has 2 heterocycles. The van der Waals surface area contributed by atoms with Crippen molar-refractivity contribution in [2.24, 2.45) is 5.92 Å². The van der Waals surface area contributed by atoms with Gasteiger partial charge in [-0.15, -0.1) is 11.3 Å². The van der Waals surface area contributed by atoms with E-state index in [-0.39, 0.29) is 25.5 Å². The number of anilines is 1. The van der Waals surface area contributed by atoms with Crippen molar-refractivity contribution in [3.8, 4) is 11.5 Å². The predicted molar refractivity (Wildman–Crippen MR) is 106 cm³/mol. The number of benzene rings is 1. The summed E-state index contributed by atoms with van der Waals surface area (Å²) in [6.07, 6.45) is 0.917. The number of nitrogens with zero attached hydrogens (tertiary/aromatic N) is 2. The first-order chi connectivity index (χ1) is 13.5. The summed E-state index contributed by atoms with van der Waals surface area (Å²) < 4.78 is 15.9. The topological polar surface area (TPSA) is 78.0 Å². The van der Waals surface area contributed by atoms with Gasteiger partial charge in [0.15, 0.2) is 0 Å². The highest BCUT2D eigenvalue weighted by Gasteiger charge is 2.37. The molecular formula is C19H21ClN2O5S. The van der Waals surface area contributed by atoms with Crippen molar-refractivity contribution in [1.29, 1.82) is 0 Å². The third-order valence-corrected chi connectivity index (χ3v) is 5.80. The molecule has 0 radical (unpaired) electrons. The van der Waals surface area contributed by atoms with Crippen LogP contribution in [0.3, 0.4) is 0 Å². The number of halogens is 1. The van der Waals surface area contributed by atoms with E-state index in [4.69, 9.17) is 25.8 Å². The monoisotopic (exact) mass is 424 g/mol. The maximum Gasteiger partial charge on any atom is 0.311 e. The molecule has 1 unspecified atom stereocenters. The Morgan fingerprint density at radius 3 is 2.71 bits per heavy atom. The van der Waals surface area contributed by atoms with Gasteiger partial charge in [-0.05, 0) is 12.5 Å². The zero-order chi connectivity index (χ0) is 20.3. The summed E-state index contributed by atoms with van der Waals surface area (Å²) in [6.45, 7) is 2.33. The van der Waals surface area contributed by atoms with Gasteiger partial charge in [-0.25, -0.2) is 4.98 Å². The molecule has 7 nitrogen and oxygen atoms in total. The van der Waals surface area contributed by atoms with Crippen molar-refractivity contribution in [2.75, 3.05) is 25.7 Å². The fraction of sp³-hybridized carbons (Fsp3) is 0.421. The second-order valence-electron chi connectivity index (χ2n) is 6.26. The van der Waals surface area contributed by atoms with Crippen LogP contribution in [0.15, 0.2) is 17.5 Å². The number of hydrogen-bond donors (Lipinski definition) is 0. The van der Waals surface area contributed by atoms with Crippen LogP contribution in [0.4, 0.5) is 5.69 Å². The van der Waals surface area contributed by atoms with Gasteiger partial charge in [0.1, 0.15) is 18.1 Å². The van der Waals surface area contributed by atoms with E-state index in [0.717, 1.165) is 17.1 Å². The molecule has 0 bridgehead atoms. The number of thiazole rings is 1. The van der Waals surface area contributed by atoms with Crippen LogP contribution in [-0.2, 0) is 27.4 Å². The highest BCUT2D eigenvalue weighted by molar-refractivity contribution is 7.09. The van der Waals surface area contributed by atoms with Crippen LogP contribution in [0.25, 0.3) is 0 Å². The number of aryl methyl sites for hydroxylation is 1. The van der Waals surface area contributed by atoms with E-state index in [9.17, 15) is 9.59 Å². The number of hydrogen-bond acceptors (Lipinski definition) is 7. The van der Waals surface area contributed by atoms with E-state index >= 15 is 0 Å². The lowest BCUT2D eigenvalue weighted by molar-refractivity contribution is -0.149. The quantitative estimate of drug-likeness (QED) is 0.633.